The summed E-state index contributed by atoms with van der Waals surface area (Å²) in [6.45, 7) is 7.33. The molecule has 0 aliphatic rings. The first-order chi connectivity index (χ1) is 7.17. The molecule has 1 rings (SSSR count). The van der Waals surface area contributed by atoms with Crippen LogP contribution in [0.2, 0.25) is 0 Å². The van der Waals surface area contributed by atoms with Gasteiger partial charge in [-0.15, -0.1) is 11.3 Å². The first kappa shape index (κ1) is 13.1. The molecule has 0 aliphatic heterocycles. The molecular weight excluding hydrogens is 272 g/mol. The van der Waals surface area contributed by atoms with E-state index < -0.39 is 0 Å². The van der Waals surface area contributed by atoms with E-state index in [4.69, 9.17) is 0 Å². The number of nitrogens with one attached hydrogen (secondary N) is 1. The number of rotatable bonds is 6. The summed E-state index contributed by atoms with van der Waals surface area (Å²) in [6, 6.07) is 0.605. The lowest BCUT2D eigenvalue weighted by molar-refractivity contribution is 0.487. The van der Waals surface area contributed by atoms with Gasteiger partial charge in [0.1, 0.15) is 5.01 Å². The number of hydrogen-bond acceptors (Lipinski definition) is 3. The van der Waals surface area contributed by atoms with Crippen molar-refractivity contribution in [1.82, 2.24) is 10.3 Å². The summed E-state index contributed by atoms with van der Waals surface area (Å²) < 4.78 is 0. The van der Waals surface area contributed by atoms with Crippen LogP contribution in [-0.4, -0.2) is 16.4 Å². The Morgan fingerprint density at radius 3 is 2.67 bits per heavy atom. The smallest absolute Gasteiger partial charge is 0.107 e. The molecule has 1 heterocycles. The van der Waals surface area contributed by atoms with Crippen LogP contribution in [0.15, 0.2) is 0 Å². The van der Waals surface area contributed by atoms with Crippen molar-refractivity contribution in [3.63, 3.8) is 0 Å². The molecule has 1 atom stereocenters. The summed E-state index contributed by atoms with van der Waals surface area (Å²) >= 11 is 5.28. The molecule has 0 amide bonds. The van der Waals surface area contributed by atoms with E-state index in [1.807, 2.05) is 0 Å². The molecule has 2 nitrogen and oxygen atoms in total. The van der Waals surface area contributed by atoms with Gasteiger partial charge in [-0.3, -0.25) is 0 Å². The third-order valence-corrected chi connectivity index (χ3v) is 4.10. The van der Waals surface area contributed by atoms with Gasteiger partial charge >= 0.3 is 0 Å². The Morgan fingerprint density at radius 1 is 1.47 bits per heavy atom. The fraction of sp³-hybridized carbons (Fsp3) is 0.727. The van der Waals surface area contributed by atoms with Gasteiger partial charge in [-0.1, -0.05) is 22.9 Å². The second kappa shape index (κ2) is 6.61. The van der Waals surface area contributed by atoms with E-state index in [1.54, 1.807) is 11.3 Å². The highest BCUT2D eigenvalue weighted by molar-refractivity contribution is 9.09. The van der Waals surface area contributed by atoms with Crippen molar-refractivity contribution in [2.75, 3.05) is 5.33 Å². The minimum atomic E-state index is 0.605. The summed E-state index contributed by atoms with van der Waals surface area (Å²) in [5, 5.41) is 5.82. The third-order valence-electron chi connectivity index (χ3n) is 2.57. The van der Waals surface area contributed by atoms with Crippen LogP contribution in [0.3, 0.4) is 0 Å². The van der Waals surface area contributed by atoms with Crippen LogP contribution in [0.5, 0.6) is 0 Å². The fourth-order valence-corrected chi connectivity index (χ4v) is 2.87. The molecule has 0 fully saturated rings. The summed E-state index contributed by atoms with van der Waals surface area (Å²) in [5.41, 5.74) is 1.17. The number of thiazole rings is 1. The highest BCUT2D eigenvalue weighted by Gasteiger charge is 2.07. The monoisotopic (exact) mass is 290 g/mol. The van der Waals surface area contributed by atoms with Gasteiger partial charge in [0.2, 0.25) is 0 Å². The molecule has 0 saturated carbocycles. The largest absolute Gasteiger partial charge is 0.308 e. The third kappa shape index (κ3) is 4.21. The molecule has 1 aromatic heterocycles. The molecule has 86 valence electrons. The van der Waals surface area contributed by atoms with E-state index in [2.05, 4.69) is 47.0 Å². The molecule has 1 unspecified atom stereocenters. The number of aromatic nitrogens is 1. The Morgan fingerprint density at radius 2 is 2.20 bits per heavy atom. The van der Waals surface area contributed by atoms with Crippen molar-refractivity contribution >= 4 is 27.3 Å². The number of aryl methyl sites for hydroxylation is 2. The van der Waals surface area contributed by atoms with Gasteiger partial charge in [0.15, 0.2) is 0 Å². The fourth-order valence-electron chi connectivity index (χ4n) is 1.43. The minimum absolute atomic E-state index is 0.605. The lowest BCUT2D eigenvalue weighted by atomic mass is 10.2. The second-order valence-electron chi connectivity index (χ2n) is 3.71. The molecule has 1 aromatic rings. The van der Waals surface area contributed by atoms with E-state index in [-0.39, 0.29) is 0 Å². The van der Waals surface area contributed by atoms with Crippen molar-refractivity contribution in [2.45, 2.75) is 46.2 Å². The molecular formula is C11H19BrN2S. The summed E-state index contributed by atoms with van der Waals surface area (Å²) in [5.74, 6) is 0. The second-order valence-corrected chi connectivity index (χ2v) is 5.79. The Labute approximate surface area is 105 Å². The maximum atomic E-state index is 4.52. The normalized spacial score (nSPS) is 13.1. The van der Waals surface area contributed by atoms with Crippen molar-refractivity contribution in [1.29, 1.82) is 0 Å². The highest BCUT2D eigenvalue weighted by Crippen LogP contribution is 2.16. The molecule has 4 heteroatoms. The molecule has 0 radical (unpaired) electrons. The Balaban J connectivity index is 2.41. The number of alkyl halides is 1. The first-order valence-corrected chi connectivity index (χ1v) is 7.33. The predicted molar refractivity (Wildman–Crippen MR) is 70.9 cm³/mol. The van der Waals surface area contributed by atoms with Gasteiger partial charge in [0.05, 0.1) is 5.69 Å². The van der Waals surface area contributed by atoms with Crippen molar-refractivity contribution in [3.05, 3.63) is 15.6 Å². The molecule has 0 aliphatic carbocycles. The summed E-state index contributed by atoms with van der Waals surface area (Å²) in [7, 11) is 0. The molecule has 0 aromatic carbocycles. The van der Waals surface area contributed by atoms with Gasteiger partial charge in [-0.05, 0) is 26.7 Å². The van der Waals surface area contributed by atoms with E-state index in [0.29, 0.717) is 6.04 Å². The van der Waals surface area contributed by atoms with Crippen LogP contribution in [0.25, 0.3) is 0 Å². The van der Waals surface area contributed by atoms with Gasteiger partial charge < -0.3 is 5.32 Å². The minimum Gasteiger partial charge on any atom is -0.308 e. The topological polar surface area (TPSA) is 24.9 Å². The average Bonchev–Trinajstić information content (AvgIpc) is 2.53. The lowest BCUT2D eigenvalue weighted by Gasteiger charge is -2.14. The zero-order valence-electron chi connectivity index (χ0n) is 9.64. The van der Waals surface area contributed by atoms with E-state index in [9.17, 15) is 0 Å². The van der Waals surface area contributed by atoms with Crippen LogP contribution in [0.4, 0.5) is 0 Å². The van der Waals surface area contributed by atoms with Crippen molar-refractivity contribution in [3.8, 4) is 0 Å². The molecule has 0 bridgehead atoms. The molecule has 1 N–H and O–H groups in total. The first-order valence-electron chi connectivity index (χ1n) is 5.39. The van der Waals surface area contributed by atoms with Crippen LogP contribution in [-0.2, 0) is 6.54 Å². The Bertz CT molecular complexity index is 279. The summed E-state index contributed by atoms with van der Waals surface area (Å²) in [4.78, 5) is 5.85. The van der Waals surface area contributed by atoms with Gasteiger partial charge in [0, 0.05) is 22.8 Å². The SMILES string of the molecule is CCC(CCBr)NCc1nc(C)c(C)s1. The zero-order valence-corrected chi connectivity index (χ0v) is 12.0. The van der Waals surface area contributed by atoms with Crippen LogP contribution < -0.4 is 5.32 Å². The van der Waals surface area contributed by atoms with Crippen molar-refractivity contribution in [2.24, 2.45) is 0 Å². The lowest BCUT2D eigenvalue weighted by Crippen LogP contribution is -2.28. The Kier molecular flexibility index (Phi) is 5.79. The Hall–Kier alpha value is 0.0700. The quantitative estimate of drug-likeness (QED) is 0.812. The number of hydrogen-bond donors (Lipinski definition) is 1. The van der Waals surface area contributed by atoms with Gasteiger partial charge in [0.25, 0.3) is 0 Å². The van der Waals surface area contributed by atoms with Gasteiger partial charge in [-0.2, -0.15) is 0 Å². The number of halogens is 1. The number of nitrogens with zero attached hydrogens (tertiary/aromatic N) is 1. The predicted octanol–water partition coefficient (Wildman–Crippen LogP) is 3.41. The highest BCUT2D eigenvalue weighted by atomic mass is 79.9. The maximum absolute atomic E-state index is 4.52. The molecule has 0 saturated heterocycles. The summed E-state index contributed by atoms with van der Waals surface area (Å²) in [6.07, 6.45) is 2.36. The zero-order chi connectivity index (χ0) is 11.3. The van der Waals surface area contributed by atoms with E-state index >= 15 is 0 Å². The van der Waals surface area contributed by atoms with Crippen molar-refractivity contribution < 1.29 is 0 Å². The van der Waals surface area contributed by atoms with E-state index in [0.717, 1.165) is 11.9 Å². The molecule has 0 spiro atoms. The molecule has 15 heavy (non-hydrogen) atoms. The van der Waals surface area contributed by atoms with Gasteiger partial charge in [-0.25, -0.2) is 4.98 Å². The van der Waals surface area contributed by atoms with Crippen LogP contribution in [0, 0.1) is 13.8 Å². The average molecular weight is 291 g/mol. The van der Waals surface area contributed by atoms with Crippen LogP contribution >= 0.6 is 27.3 Å². The standard InChI is InChI=1S/C11H19BrN2S/c1-4-10(5-6-12)13-7-11-14-8(2)9(3)15-11/h10,13H,4-7H2,1-3H3. The maximum Gasteiger partial charge on any atom is 0.107 e. The van der Waals surface area contributed by atoms with E-state index in [1.165, 1.54) is 28.4 Å². The van der Waals surface area contributed by atoms with Crippen LogP contribution in [0.1, 0.15) is 35.3 Å².